The Balaban J connectivity index is 1.55. The number of carbonyl (C=O) groups is 1. The number of nitrogens with one attached hydrogen (secondary N) is 1. The topological polar surface area (TPSA) is 47.6 Å². The lowest BCUT2D eigenvalue weighted by Crippen LogP contribution is -2.32. The molecule has 0 bridgehead atoms. The summed E-state index contributed by atoms with van der Waals surface area (Å²) in [5, 5.41) is 5.44. The van der Waals surface area contributed by atoms with Gasteiger partial charge in [-0.25, -0.2) is 0 Å². The van der Waals surface area contributed by atoms with Crippen LogP contribution in [0.5, 0.6) is 17.2 Å². The van der Waals surface area contributed by atoms with Crippen molar-refractivity contribution in [3.05, 3.63) is 96.0 Å². The van der Waals surface area contributed by atoms with E-state index in [-0.39, 0.29) is 5.91 Å². The predicted molar refractivity (Wildman–Crippen MR) is 125 cm³/mol. The number of hydrogen-bond acceptors (Lipinski definition) is 3. The van der Waals surface area contributed by atoms with Crippen LogP contribution in [-0.4, -0.2) is 12.0 Å². The normalized spacial score (nSPS) is 11.7. The van der Waals surface area contributed by atoms with E-state index < -0.39 is 6.10 Å². The van der Waals surface area contributed by atoms with E-state index in [1.165, 1.54) is 0 Å². The molecule has 0 aliphatic heterocycles. The summed E-state index contributed by atoms with van der Waals surface area (Å²) in [6.07, 6.45) is -0.167. The van der Waals surface area contributed by atoms with Gasteiger partial charge in [0.2, 0.25) is 0 Å². The van der Waals surface area contributed by atoms with Crippen molar-refractivity contribution in [1.82, 2.24) is 0 Å². The van der Waals surface area contributed by atoms with E-state index in [4.69, 9.17) is 21.1 Å². The number of rotatable bonds is 7. The molecule has 4 aromatic rings. The molecule has 4 rings (SSSR count). The van der Waals surface area contributed by atoms with Crippen molar-refractivity contribution in [2.24, 2.45) is 0 Å². The van der Waals surface area contributed by atoms with Gasteiger partial charge in [0.15, 0.2) is 11.9 Å². The summed E-state index contributed by atoms with van der Waals surface area (Å²) in [5.41, 5.74) is 0.487. The monoisotopic (exact) mass is 431 g/mol. The minimum Gasteiger partial charge on any atom is -0.480 e. The van der Waals surface area contributed by atoms with Crippen LogP contribution in [0.4, 0.5) is 5.69 Å². The first kappa shape index (κ1) is 20.8. The van der Waals surface area contributed by atoms with Gasteiger partial charge in [0.1, 0.15) is 11.5 Å². The van der Waals surface area contributed by atoms with Crippen LogP contribution in [0.3, 0.4) is 0 Å². The molecule has 1 N–H and O–H groups in total. The SMILES string of the molecule is CCC(Oc1cccc2ccccc12)C(=O)Nc1cc(Cl)ccc1Oc1ccccc1. The third-order valence-electron chi connectivity index (χ3n) is 4.85. The summed E-state index contributed by atoms with van der Waals surface area (Å²) in [6, 6.07) is 28.2. The Kier molecular flexibility index (Phi) is 6.39. The van der Waals surface area contributed by atoms with Crippen molar-refractivity contribution < 1.29 is 14.3 Å². The molecular weight excluding hydrogens is 410 g/mol. The van der Waals surface area contributed by atoms with Gasteiger partial charge < -0.3 is 14.8 Å². The molecule has 4 nitrogen and oxygen atoms in total. The number of anilines is 1. The number of fused-ring (bicyclic) bond motifs is 1. The fourth-order valence-electron chi connectivity index (χ4n) is 3.29. The van der Waals surface area contributed by atoms with Gasteiger partial charge in [0.05, 0.1) is 5.69 Å². The smallest absolute Gasteiger partial charge is 0.265 e. The highest BCUT2D eigenvalue weighted by atomic mass is 35.5. The zero-order chi connectivity index (χ0) is 21.6. The van der Waals surface area contributed by atoms with E-state index in [2.05, 4.69) is 5.32 Å². The molecule has 0 saturated carbocycles. The van der Waals surface area contributed by atoms with Crippen LogP contribution in [-0.2, 0) is 4.79 Å². The van der Waals surface area contributed by atoms with Crippen LogP contribution in [0.25, 0.3) is 10.8 Å². The number of ether oxygens (including phenoxy) is 2. The zero-order valence-electron chi connectivity index (χ0n) is 17.0. The van der Waals surface area contributed by atoms with Crippen molar-refractivity contribution in [1.29, 1.82) is 0 Å². The Morgan fingerprint density at radius 2 is 1.65 bits per heavy atom. The fraction of sp³-hybridized carbons (Fsp3) is 0.115. The molecule has 1 unspecified atom stereocenters. The molecule has 0 saturated heterocycles. The molecule has 5 heteroatoms. The maximum absolute atomic E-state index is 13.1. The molecule has 0 aliphatic rings. The van der Waals surface area contributed by atoms with E-state index in [1.54, 1.807) is 18.2 Å². The fourth-order valence-corrected chi connectivity index (χ4v) is 3.46. The average Bonchev–Trinajstić information content (AvgIpc) is 2.80. The van der Waals surface area contributed by atoms with Gasteiger partial charge in [-0.2, -0.15) is 0 Å². The minimum atomic E-state index is -0.672. The van der Waals surface area contributed by atoms with Crippen LogP contribution in [0.1, 0.15) is 13.3 Å². The third kappa shape index (κ3) is 4.98. The summed E-state index contributed by atoms with van der Waals surface area (Å²) in [5.74, 6) is 1.57. The van der Waals surface area contributed by atoms with Gasteiger partial charge in [-0.05, 0) is 48.2 Å². The second-order valence-electron chi connectivity index (χ2n) is 7.04. The summed E-state index contributed by atoms with van der Waals surface area (Å²) in [4.78, 5) is 13.1. The lowest BCUT2D eigenvalue weighted by atomic mass is 10.1. The van der Waals surface area contributed by atoms with Gasteiger partial charge in [-0.1, -0.05) is 73.1 Å². The number of carbonyl (C=O) groups excluding carboxylic acids is 1. The quantitative estimate of drug-likeness (QED) is 0.340. The van der Waals surface area contributed by atoms with E-state index in [9.17, 15) is 4.79 Å². The van der Waals surface area contributed by atoms with Gasteiger partial charge >= 0.3 is 0 Å². The zero-order valence-corrected chi connectivity index (χ0v) is 17.8. The maximum Gasteiger partial charge on any atom is 0.265 e. The van der Waals surface area contributed by atoms with Crippen molar-refractivity contribution in [2.45, 2.75) is 19.4 Å². The van der Waals surface area contributed by atoms with E-state index >= 15 is 0 Å². The van der Waals surface area contributed by atoms with Crippen molar-refractivity contribution in [3.63, 3.8) is 0 Å². The van der Waals surface area contributed by atoms with Crippen LogP contribution >= 0.6 is 11.6 Å². The number of para-hydroxylation sites is 1. The third-order valence-corrected chi connectivity index (χ3v) is 5.09. The molecule has 0 aliphatic carbocycles. The Morgan fingerprint density at radius 1 is 0.903 bits per heavy atom. The molecule has 0 aromatic heterocycles. The van der Waals surface area contributed by atoms with E-state index in [1.807, 2.05) is 79.7 Å². The second kappa shape index (κ2) is 9.54. The van der Waals surface area contributed by atoms with Crippen LogP contribution in [0, 0.1) is 0 Å². The lowest BCUT2D eigenvalue weighted by molar-refractivity contribution is -0.122. The Labute approximate surface area is 186 Å². The largest absolute Gasteiger partial charge is 0.480 e. The molecular formula is C26H22ClNO3. The first-order valence-electron chi connectivity index (χ1n) is 10.1. The first-order valence-corrected chi connectivity index (χ1v) is 10.5. The predicted octanol–water partition coefficient (Wildman–Crippen LogP) is 7.08. The molecule has 31 heavy (non-hydrogen) atoms. The van der Waals surface area contributed by atoms with Gasteiger partial charge in [-0.15, -0.1) is 0 Å². The molecule has 0 heterocycles. The Morgan fingerprint density at radius 3 is 2.45 bits per heavy atom. The number of halogens is 1. The van der Waals surface area contributed by atoms with Crippen LogP contribution < -0.4 is 14.8 Å². The van der Waals surface area contributed by atoms with Gasteiger partial charge in [-0.3, -0.25) is 4.79 Å². The van der Waals surface area contributed by atoms with E-state index in [0.29, 0.717) is 34.4 Å². The second-order valence-corrected chi connectivity index (χ2v) is 7.47. The van der Waals surface area contributed by atoms with Crippen molar-refractivity contribution >= 4 is 34.0 Å². The molecule has 0 fully saturated rings. The Bertz CT molecular complexity index is 1190. The summed E-state index contributed by atoms with van der Waals surface area (Å²) in [6.45, 7) is 1.91. The van der Waals surface area contributed by atoms with E-state index in [0.717, 1.165) is 10.8 Å². The number of hydrogen-bond donors (Lipinski definition) is 1. The molecule has 1 atom stereocenters. The van der Waals surface area contributed by atoms with Gasteiger partial charge in [0.25, 0.3) is 5.91 Å². The highest BCUT2D eigenvalue weighted by Crippen LogP contribution is 2.33. The number of amides is 1. The molecule has 0 spiro atoms. The highest BCUT2D eigenvalue weighted by Gasteiger charge is 2.21. The number of benzene rings is 4. The first-order chi connectivity index (χ1) is 15.1. The van der Waals surface area contributed by atoms with Crippen LogP contribution in [0.2, 0.25) is 5.02 Å². The summed E-state index contributed by atoms with van der Waals surface area (Å²) < 4.78 is 12.1. The summed E-state index contributed by atoms with van der Waals surface area (Å²) in [7, 11) is 0. The minimum absolute atomic E-state index is 0.268. The van der Waals surface area contributed by atoms with Crippen molar-refractivity contribution in [3.8, 4) is 17.2 Å². The standard InChI is InChI=1S/C26H22ClNO3/c1-2-23(31-24-14-8-10-18-9-6-7-13-21(18)24)26(29)28-22-17-19(27)15-16-25(22)30-20-11-4-3-5-12-20/h3-17,23H,2H2,1H3,(H,28,29). The molecule has 1 amide bonds. The molecule has 4 aromatic carbocycles. The summed E-state index contributed by atoms with van der Waals surface area (Å²) >= 11 is 6.17. The van der Waals surface area contributed by atoms with Crippen molar-refractivity contribution in [2.75, 3.05) is 5.32 Å². The maximum atomic E-state index is 13.1. The average molecular weight is 432 g/mol. The molecule has 0 radical (unpaired) electrons. The lowest BCUT2D eigenvalue weighted by Gasteiger charge is -2.20. The molecule has 156 valence electrons. The van der Waals surface area contributed by atoms with Gasteiger partial charge in [0, 0.05) is 10.4 Å². The van der Waals surface area contributed by atoms with Crippen LogP contribution in [0.15, 0.2) is 91.0 Å². The Hall–Kier alpha value is -3.50. The highest BCUT2D eigenvalue weighted by molar-refractivity contribution is 6.31.